The van der Waals surface area contributed by atoms with Crippen LogP contribution in [0.2, 0.25) is 5.02 Å². The van der Waals surface area contributed by atoms with E-state index in [0.29, 0.717) is 13.0 Å². The van der Waals surface area contributed by atoms with E-state index >= 15 is 0 Å². The molecule has 0 saturated carbocycles. The number of piperazine rings is 1. The standard InChI is InChI=1S/C19H28ClN3O3S/c1-3-23(18-7-12-27(25,26)14-18)19(24)15(2)21-8-10-22(11-9-21)17-6-4-5-16(20)13-17/h4-6,13,15,18H,3,7-12,14H2,1-2H3/t15-,18-/m1/s1. The fourth-order valence-corrected chi connectivity index (χ4v) is 5.97. The van der Waals surface area contributed by atoms with Gasteiger partial charge in [-0.15, -0.1) is 0 Å². The van der Waals surface area contributed by atoms with Crippen LogP contribution in [-0.2, 0) is 14.6 Å². The van der Waals surface area contributed by atoms with E-state index in [0.717, 1.165) is 36.9 Å². The first-order chi connectivity index (χ1) is 12.8. The van der Waals surface area contributed by atoms with Gasteiger partial charge in [-0.25, -0.2) is 8.42 Å². The van der Waals surface area contributed by atoms with Crippen molar-refractivity contribution in [3.63, 3.8) is 0 Å². The molecule has 2 heterocycles. The smallest absolute Gasteiger partial charge is 0.239 e. The predicted octanol–water partition coefficient (Wildman–Crippen LogP) is 1.89. The van der Waals surface area contributed by atoms with E-state index in [4.69, 9.17) is 11.6 Å². The van der Waals surface area contributed by atoms with Crippen LogP contribution in [0.25, 0.3) is 0 Å². The highest BCUT2D eigenvalue weighted by Gasteiger charge is 2.37. The number of nitrogens with zero attached hydrogens (tertiary/aromatic N) is 3. The highest BCUT2D eigenvalue weighted by atomic mass is 35.5. The minimum Gasteiger partial charge on any atom is -0.369 e. The predicted molar refractivity (Wildman–Crippen MR) is 109 cm³/mol. The Kier molecular flexibility index (Phi) is 6.33. The molecule has 2 fully saturated rings. The summed E-state index contributed by atoms with van der Waals surface area (Å²) in [6.07, 6.45) is 0.553. The molecule has 2 saturated heterocycles. The van der Waals surface area contributed by atoms with Crippen LogP contribution in [0.1, 0.15) is 20.3 Å². The minimum atomic E-state index is -3.00. The maximum absolute atomic E-state index is 13.0. The number of carbonyl (C=O) groups excluding carboxylic acids is 1. The second-order valence-electron chi connectivity index (χ2n) is 7.36. The molecule has 2 atom stereocenters. The van der Waals surface area contributed by atoms with E-state index in [2.05, 4.69) is 15.9 Å². The van der Waals surface area contributed by atoms with Crippen molar-refractivity contribution in [2.75, 3.05) is 49.1 Å². The zero-order chi connectivity index (χ0) is 19.6. The second kappa shape index (κ2) is 8.37. The third kappa shape index (κ3) is 4.76. The zero-order valence-corrected chi connectivity index (χ0v) is 17.5. The van der Waals surface area contributed by atoms with Gasteiger partial charge in [-0.1, -0.05) is 17.7 Å². The van der Waals surface area contributed by atoms with Gasteiger partial charge >= 0.3 is 0 Å². The second-order valence-corrected chi connectivity index (χ2v) is 10.0. The van der Waals surface area contributed by atoms with Gasteiger partial charge in [-0.05, 0) is 38.5 Å². The Labute approximate surface area is 167 Å². The highest BCUT2D eigenvalue weighted by molar-refractivity contribution is 7.91. The van der Waals surface area contributed by atoms with Crippen LogP contribution >= 0.6 is 11.6 Å². The number of hydrogen-bond donors (Lipinski definition) is 0. The van der Waals surface area contributed by atoms with Crippen molar-refractivity contribution in [3.8, 4) is 0 Å². The summed E-state index contributed by atoms with van der Waals surface area (Å²) in [7, 11) is -3.00. The first-order valence-corrected chi connectivity index (χ1v) is 11.8. The van der Waals surface area contributed by atoms with Crippen LogP contribution in [0, 0.1) is 0 Å². The number of benzene rings is 1. The molecule has 1 aromatic carbocycles. The van der Waals surface area contributed by atoms with Crippen molar-refractivity contribution in [1.29, 1.82) is 0 Å². The van der Waals surface area contributed by atoms with E-state index in [1.54, 1.807) is 4.90 Å². The molecule has 150 valence electrons. The largest absolute Gasteiger partial charge is 0.369 e. The Morgan fingerprint density at radius 2 is 2.00 bits per heavy atom. The number of hydrogen-bond acceptors (Lipinski definition) is 5. The van der Waals surface area contributed by atoms with Crippen LogP contribution in [0.5, 0.6) is 0 Å². The summed E-state index contributed by atoms with van der Waals surface area (Å²) in [5.74, 6) is 0.325. The van der Waals surface area contributed by atoms with Gasteiger partial charge in [0, 0.05) is 49.5 Å². The van der Waals surface area contributed by atoms with Gasteiger partial charge in [0.25, 0.3) is 0 Å². The molecule has 0 spiro atoms. The highest BCUT2D eigenvalue weighted by Crippen LogP contribution is 2.23. The molecule has 0 aromatic heterocycles. The molecule has 0 aliphatic carbocycles. The number of anilines is 1. The van der Waals surface area contributed by atoms with Crippen molar-refractivity contribution >= 4 is 33.0 Å². The first kappa shape index (κ1) is 20.4. The van der Waals surface area contributed by atoms with Gasteiger partial charge in [0.15, 0.2) is 9.84 Å². The monoisotopic (exact) mass is 413 g/mol. The van der Waals surface area contributed by atoms with Crippen molar-refractivity contribution in [2.45, 2.75) is 32.4 Å². The Morgan fingerprint density at radius 1 is 1.30 bits per heavy atom. The van der Waals surface area contributed by atoms with Crippen LogP contribution in [0.15, 0.2) is 24.3 Å². The Balaban J connectivity index is 1.59. The maximum atomic E-state index is 13.0. The molecule has 0 unspecified atom stereocenters. The summed E-state index contributed by atoms with van der Waals surface area (Å²) in [5, 5.41) is 0.726. The molecule has 2 aliphatic heterocycles. The molecule has 1 aromatic rings. The number of carbonyl (C=O) groups is 1. The number of likely N-dealkylation sites (N-methyl/N-ethyl adjacent to an activating group) is 1. The summed E-state index contributed by atoms with van der Waals surface area (Å²) in [4.78, 5) is 19.3. The fraction of sp³-hybridized carbons (Fsp3) is 0.632. The molecule has 8 heteroatoms. The molecule has 0 bridgehead atoms. The van der Waals surface area contributed by atoms with Gasteiger partial charge in [0.2, 0.25) is 5.91 Å². The van der Waals surface area contributed by atoms with E-state index in [-0.39, 0.29) is 29.5 Å². The Bertz CT molecular complexity index is 778. The molecule has 27 heavy (non-hydrogen) atoms. The fourth-order valence-electron chi connectivity index (χ4n) is 4.05. The van der Waals surface area contributed by atoms with Crippen molar-refractivity contribution < 1.29 is 13.2 Å². The summed E-state index contributed by atoms with van der Waals surface area (Å²) < 4.78 is 23.6. The molecule has 3 rings (SSSR count). The molecule has 6 nitrogen and oxygen atoms in total. The minimum absolute atomic E-state index is 0.0378. The third-order valence-electron chi connectivity index (χ3n) is 5.67. The van der Waals surface area contributed by atoms with E-state index in [1.807, 2.05) is 32.0 Å². The average molecular weight is 414 g/mol. The van der Waals surface area contributed by atoms with Gasteiger partial charge in [-0.3, -0.25) is 9.69 Å². The van der Waals surface area contributed by atoms with E-state index < -0.39 is 9.84 Å². The molecule has 1 amide bonds. The van der Waals surface area contributed by atoms with Gasteiger partial charge in [0.1, 0.15) is 0 Å². The molecule has 0 N–H and O–H groups in total. The molecular formula is C19H28ClN3O3S. The topological polar surface area (TPSA) is 60.9 Å². The Hall–Kier alpha value is -1.31. The first-order valence-electron chi connectivity index (χ1n) is 9.56. The lowest BCUT2D eigenvalue weighted by Gasteiger charge is -2.40. The summed E-state index contributed by atoms with van der Waals surface area (Å²) in [5.41, 5.74) is 1.10. The molecule has 0 radical (unpaired) electrons. The lowest BCUT2D eigenvalue weighted by atomic mass is 10.1. The lowest BCUT2D eigenvalue weighted by Crippen LogP contribution is -2.56. The van der Waals surface area contributed by atoms with Crippen LogP contribution in [0.3, 0.4) is 0 Å². The maximum Gasteiger partial charge on any atom is 0.239 e. The molecule has 2 aliphatic rings. The summed E-state index contributed by atoms with van der Waals surface area (Å²) in [6.45, 7) is 7.66. The van der Waals surface area contributed by atoms with Crippen molar-refractivity contribution in [2.24, 2.45) is 0 Å². The summed E-state index contributed by atoms with van der Waals surface area (Å²) >= 11 is 6.09. The van der Waals surface area contributed by atoms with Crippen LogP contribution < -0.4 is 4.90 Å². The van der Waals surface area contributed by atoms with Crippen LogP contribution in [0.4, 0.5) is 5.69 Å². The SMILES string of the molecule is CCN(C(=O)[C@@H](C)N1CCN(c2cccc(Cl)c2)CC1)[C@@H]1CCS(=O)(=O)C1. The van der Waals surface area contributed by atoms with Crippen molar-refractivity contribution in [1.82, 2.24) is 9.80 Å². The third-order valence-corrected chi connectivity index (χ3v) is 7.65. The van der Waals surface area contributed by atoms with E-state index in [1.165, 1.54) is 0 Å². The normalized spacial score (nSPS) is 24.0. The van der Waals surface area contributed by atoms with Crippen LogP contribution in [-0.4, -0.2) is 80.4 Å². The average Bonchev–Trinajstić information content (AvgIpc) is 3.01. The van der Waals surface area contributed by atoms with Crippen molar-refractivity contribution in [3.05, 3.63) is 29.3 Å². The van der Waals surface area contributed by atoms with Gasteiger partial charge in [-0.2, -0.15) is 0 Å². The lowest BCUT2D eigenvalue weighted by molar-refractivity contribution is -0.138. The number of amides is 1. The number of sulfone groups is 1. The van der Waals surface area contributed by atoms with Gasteiger partial charge < -0.3 is 9.80 Å². The Morgan fingerprint density at radius 3 is 2.56 bits per heavy atom. The van der Waals surface area contributed by atoms with E-state index in [9.17, 15) is 13.2 Å². The zero-order valence-electron chi connectivity index (χ0n) is 16.0. The summed E-state index contributed by atoms with van der Waals surface area (Å²) in [6, 6.07) is 7.41. The quantitative estimate of drug-likeness (QED) is 0.737. The number of rotatable bonds is 5. The van der Waals surface area contributed by atoms with Gasteiger partial charge in [0.05, 0.1) is 17.5 Å². The molecular weight excluding hydrogens is 386 g/mol. The number of halogens is 1.